The van der Waals surface area contributed by atoms with Crippen LogP contribution in [0.15, 0.2) is 24.3 Å². The Labute approximate surface area is 91.5 Å². The van der Waals surface area contributed by atoms with Crippen molar-refractivity contribution < 1.29 is 0 Å². The molecule has 0 aliphatic carbocycles. The molecule has 0 atom stereocenters. The Hall–Kier alpha value is -0.690. The zero-order valence-corrected chi connectivity index (χ0v) is 9.64. The summed E-state index contributed by atoms with van der Waals surface area (Å²) in [4.78, 5) is 0. The van der Waals surface area contributed by atoms with Crippen molar-refractivity contribution in [1.29, 1.82) is 0 Å². The monoisotopic (exact) mass is 211 g/mol. The quantitative estimate of drug-likeness (QED) is 0.770. The molecule has 1 aromatic rings. The van der Waals surface area contributed by atoms with E-state index in [0.29, 0.717) is 0 Å². The fraction of sp³-hybridized carbons (Fsp3) is 0.500. The first-order valence-electron chi connectivity index (χ1n) is 5.25. The van der Waals surface area contributed by atoms with Crippen molar-refractivity contribution in [1.82, 2.24) is 0 Å². The minimum absolute atomic E-state index is 0.769. The summed E-state index contributed by atoms with van der Waals surface area (Å²) in [6.07, 6.45) is 2.47. The fourth-order valence-corrected chi connectivity index (χ4v) is 1.53. The Balaban J connectivity index is 2.41. The van der Waals surface area contributed by atoms with Crippen molar-refractivity contribution in [2.45, 2.75) is 26.7 Å². The molecule has 0 aromatic heterocycles. The summed E-state index contributed by atoms with van der Waals surface area (Å²) < 4.78 is 0. The van der Waals surface area contributed by atoms with Gasteiger partial charge in [0.15, 0.2) is 0 Å². The zero-order chi connectivity index (χ0) is 10.4. The van der Waals surface area contributed by atoms with E-state index < -0.39 is 0 Å². The lowest BCUT2D eigenvalue weighted by Gasteiger charge is -2.14. The van der Waals surface area contributed by atoms with Gasteiger partial charge in [0.05, 0.1) is 0 Å². The van der Waals surface area contributed by atoms with Crippen LogP contribution < -0.4 is 5.32 Å². The Kier molecular flexibility index (Phi) is 4.81. The van der Waals surface area contributed by atoms with Crippen molar-refractivity contribution in [2.75, 3.05) is 11.9 Å². The Bertz CT molecular complexity index is 252. The van der Waals surface area contributed by atoms with Crippen molar-refractivity contribution in [3.05, 3.63) is 29.3 Å². The van der Waals surface area contributed by atoms with E-state index >= 15 is 0 Å². The number of anilines is 1. The lowest BCUT2D eigenvalue weighted by Crippen LogP contribution is -2.12. The molecule has 0 amide bonds. The fourth-order valence-electron chi connectivity index (χ4n) is 1.41. The topological polar surface area (TPSA) is 12.0 Å². The molecule has 0 saturated heterocycles. The zero-order valence-electron chi connectivity index (χ0n) is 8.89. The van der Waals surface area contributed by atoms with Crippen LogP contribution in [-0.2, 0) is 0 Å². The van der Waals surface area contributed by atoms with Gasteiger partial charge in [-0.15, -0.1) is 0 Å². The van der Waals surface area contributed by atoms with Crippen LogP contribution in [0.3, 0.4) is 0 Å². The Morgan fingerprint density at radius 2 is 1.71 bits per heavy atom. The second kappa shape index (κ2) is 5.92. The van der Waals surface area contributed by atoms with Crippen LogP contribution in [0, 0.1) is 5.92 Å². The van der Waals surface area contributed by atoms with Crippen LogP contribution in [0.25, 0.3) is 0 Å². The van der Waals surface area contributed by atoms with Gasteiger partial charge in [0, 0.05) is 17.3 Å². The average molecular weight is 212 g/mol. The SMILES string of the molecule is CCC(CC)CNc1ccc(Cl)cc1. The van der Waals surface area contributed by atoms with Crippen LogP contribution in [0.4, 0.5) is 5.69 Å². The van der Waals surface area contributed by atoms with E-state index in [2.05, 4.69) is 19.2 Å². The van der Waals surface area contributed by atoms with E-state index in [0.717, 1.165) is 23.2 Å². The number of hydrogen-bond acceptors (Lipinski definition) is 1. The molecule has 78 valence electrons. The second-order valence-corrected chi connectivity index (χ2v) is 4.01. The van der Waals surface area contributed by atoms with Gasteiger partial charge in [-0.05, 0) is 30.2 Å². The highest BCUT2D eigenvalue weighted by atomic mass is 35.5. The predicted octanol–water partition coefficient (Wildman–Crippen LogP) is 4.19. The van der Waals surface area contributed by atoms with Crippen molar-refractivity contribution in [3.63, 3.8) is 0 Å². The van der Waals surface area contributed by atoms with Crippen molar-refractivity contribution in [2.24, 2.45) is 5.92 Å². The van der Waals surface area contributed by atoms with E-state index in [1.54, 1.807) is 0 Å². The van der Waals surface area contributed by atoms with Gasteiger partial charge in [0.1, 0.15) is 0 Å². The largest absolute Gasteiger partial charge is 0.385 e. The molecule has 0 radical (unpaired) electrons. The maximum absolute atomic E-state index is 5.80. The van der Waals surface area contributed by atoms with E-state index in [1.807, 2.05) is 24.3 Å². The van der Waals surface area contributed by atoms with Gasteiger partial charge in [-0.3, -0.25) is 0 Å². The van der Waals surface area contributed by atoms with Crippen LogP contribution >= 0.6 is 11.6 Å². The van der Waals surface area contributed by atoms with E-state index in [1.165, 1.54) is 12.8 Å². The van der Waals surface area contributed by atoms with Gasteiger partial charge in [0.2, 0.25) is 0 Å². The maximum Gasteiger partial charge on any atom is 0.0407 e. The summed E-state index contributed by atoms with van der Waals surface area (Å²) in [5.41, 5.74) is 1.15. The molecular formula is C12H18ClN. The summed E-state index contributed by atoms with van der Waals surface area (Å²) >= 11 is 5.80. The lowest BCUT2D eigenvalue weighted by atomic mass is 10.0. The Morgan fingerprint density at radius 1 is 1.14 bits per heavy atom. The molecular weight excluding hydrogens is 194 g/mol. The lowest BCUT2D eigenvalue weighted by molar-refractivity contribution is 0.519. The highest BCUT2D eigenvalue weighted by Gasteiger charge is 2.02. The van der Waals surface area contributed by atoms with E-state index in [-0.39, 0.29) is 0 Å². The summed E-state index contributed by atoms with van der Waals surface area (Å²) in [7, 11) is 0. The number of nitrogens with one attached hydrogen (secondary N) is 1. The summed E-state index contributed by atoms with van der Waals surface area (Å²) in [6.45, 7) is 5.52. The normalized spacial score (nSPS) is 10.6. The molecule has 14 heavy (non-hydrogen) atoms. The first-order chi connectivity index (χ1) is 6.76. The molecule has 0 aliphatic heterocycles. The number of rotatable bonds is 5. The van der Waals surface area contributed by atoms with Crippen molar-refractivity contribution >= 4 is 17.3 Å². The minimum Gasteiger partial charge on any atom is -0.385 e. The number of benzene rings is 1. The molecule has 0 bridgehead atoms. The highest BCUT2D eigenvalue weighted by Crippen LogP contribution is 2.15. The minimum atomic E-state index is 0.769. The molecule has 0 saturated carbocycles. The highest BCUT2D eigenvalue weighted by molar-refractivity contribution is 6.30. The number of hydrogen-bond donors (Lipinski definition) is 1. The molecule has 2 heteroatoms. The molecule has 1 nitrogen and oxygen atoms in total. The van der Waals surface area contributed by atoms with Crippen LogP contribution in [0.2, 0.25) is 5.02 Å². The molecule has 0 fully saturated rings. The van der Waals surface area contributed by atoms with Gasteiger partial charge >= 0.3 is 0 Å². The van der Waals surface area contributed by atoms with Gasteiger partial charge < -0.3 is 5.32 Å². The van der Waals surface area contributed by atoms with Gasteiger partial charge in [-0.25, -0.2) is 0 Å². The third-order valence-corrected chi connectivity index (χ3v) is 2.85. The van der Waals surface area contributed by atoms with Crippen LogP contribution in [0.5, 0.6) is 0 Å². The maximum atomic E-state index is 5.80. The molecule has 0 heterocycles. The standard InChI is InChI=1S/C12H18ClN/c1-3-10(4-2)9-14-12-7-5-11(13)6-8-12/h5-8,10,14H,3-4,9H2,1-2H3. The third-order valence-electron chi connectivity index (χ3n) is 2.59. The van der Waals surface area contributed by atoms with Crippen molar-refractivity contribution in [3.8, 4) is 0 Å². The van der Waals surface area contributed by atoms with E-state index in [9.17, 15) is 0 Å². The van der Waals surface area contributed by atoms with E-state index in [4.69, 9.17) is 11.6 Å². The molecule has 0 aliphatic rings. The van der Waals surface area contributed by atoms with Crippen LogP contribution in [-0.4, -0.2) is 6.54 Å². The predicted molar refractivity (Wildman–Crippen MR) is 64.0 cm³/mol. The third kappa shape index (κ3) is 3.59. The average Bonchev–Trinajstić information content (AvgIpc) is 2.22. The molecule has 1 aromatic carbocycles. The first kappa shape index (κ1) is 11.4. The first-order valence-corrected chi connectivity index (χ1v) is 5.63. The Morgan fingerprint density at radius 3 is 2.21 bits per heavy atom. The summed E-state index contributed by atoms with van der Waals surface area (Å²) in [6, 6.07) is 7.86. The number of halogens is 1. The van der Waals surface area contributed by atoms with Gasteiger partial charge in [-0.2, -0.15) is 0 Å². The summed E-state index contributed by atoms with van der Waals surface area (Å²) in [5.74, 6) is 0.769. The molecule has 0 unspecified atom stereocenters. The molecule has 0 spiro atoms. The smallest absolute Gasteiger partial charge is 0.0407 e. The molecule has 1 N–H and O–H groups in total. The second-order valence-electron chi connectivity index (χ2n) is 3.57. The van der Waals surface area contributed by atoms with Gasteiger partial charge in [-0.1, -0.05) is 38.3 Å². The summed E-state index contributed by atoms with van der Waals surface area (Å²) in [5, 5.41) is 4.21. The molecule has 1 rings (SSSR count). The van der Waals surface area contributed by atoms with Gasteiger partial charge in [0.25, 0.3) is 0 Å². The van der Waals surface area contributed by atoms with Crippen LogP contribution in [0.1, 0.15) is 26.7 Å².